The first kappa shape index (κ1) is 31.7. The number of amides is 3. The summed E-state index contributed by atoms with van der Waals surface area (Å²) >= 11 is 0. The topological polar surface area (TPSA) is 167 Å². The van der Waals surface area contributed by atoms with Crippen molar-refractivity contribution in [1.82, 2.24) is 20.9 Å². The van der Waals surface area contributed by atoms with Crippen LogP contribution in [0.2, 0.25) is 0 Å². The highest BCUT2D eigenvalue weighted by Gasteiger charge is 2.42. The predicted molar refractivity (Wildman–Crippen MR) is 139 cm³/mol. The van der Waals surface area contributed by atoms with Crippen molar-refractivity contribution in [1.29, 1.82) is 0 Å². The average Bonchev–Trinajstić information content (AvgIpc) is 2.94. The molecule has 1 aromatic carbocycles. The third-order valence-corrected chi connectivity index (χ3v) is 7.76. The van der Waals surface area contributed by atoms with E-state index in [9.17, 15) is 47.0 Å². The Hall–Kier alpha value is -4.27. The van der Waals surface area contributed by atoms with Crippen LogP contribution < -0.4 is 16.0 Å². The van der Waals surface area contributed by atoms with E-state index in [0.717, 1.165) is 6.42 Å². The highest BCUT2D eigenvalue weighted by atomic mass is 19.2. The first-order valence-corrected chi connectivity index (χ1v) is 13.6. The summed E-state index contributed by atoms with van der Waals surface area (Å²) in [5.74, 6) is -13.9. The largest absolute Gasteiger partial charge is 0.505 e. The zero-order valence-corrected chi connectivity index (χ0v) is 23.1. The van der Waals surface area contributed by atoms with Crippen molar-refractivity contribution in [3.8, 4) is 5.75 Å². The Bertz CT molecular complexity index is 1420. The number of aliphatic hydroxyl groups is 1. The minimum absolute atomic E-state index is 0.352. The number of nitrogens with zero attached hydrogens (tertiary/aromatic N) is 1. The summed E-state index contributed by atoms with van der Waals surface area (Å²) in [6, 6.07) is -1.57. The van der Waals surface area contributed by atoms with Gasteiger partial charge < -0.3 is 30.9 Å². The Labute approximate surface area is 243 Å². The second kappa shape index (κ2) is 12.9. The van der Waals surface area contributed by atoms with Crippen molar-refractivity contribution in [2.24, 2.45) is 11.8 Å². The van der Waals surface area contributed by atoms with Gasteiger partial charge in [0.2, 0.25) is 5.91 Å². The van der Waals surface area contributed by atoms with Gasteiger partial charge in [-0.15, -0.1) is 0 Å². The maximum Gasteiger partial charge on any atom is 0.312 e. The van der Waals surface area contributed by atoms with E-state index in [2.05, 4.69) is 20.9 Å². The molecule has 6 atom stereocenters. The molecule has 5 N–H and O–H groups in total. The third-order valence-electron chi connectivity index (χ3n) is 7.76. The summed E-state index contributed by atoms with van der Waals surface area (Å²) in [5.41, 5.74) is -1.22. The van der Waals surface area contributed by atoms with Gasteiger partial charge in [-0.05, 0) is 56.9 Å². The van der Waals surface area contributed by atoms with Crippen LogP contribution in [0.3, 0.4) is 0 Å². The lowest BCUT2D eigenvalue weighted by Gasteiger charge is -2.37. The minimum Gasteiger partial charge on any atom is -0.505 e. The highest BCUT2D eigenvalue weighted by molar-refractivity contribution is 5.98. The van der Waals surface area contributed by atoms with Crippen molar-refractivity contribution < 1.29 is 51.7 Å². The molecule has 1 aromatic heterocycles. The van der Waals surface area contributed by atoms with Gasteiger partial charge in [-0.3, -0.25) is 19.2 Å². The van der Waals surface area contributed by atoms with Crippen LogP contribution in [0.25, 0.3) is 0 Å². The lowest BCUT2D eigenvalue weighted by atomic mass is 9.80. The molecule has 43 heavy (non-hydrogen) atoms. The normalized spacial score (nSPS) is 27.1. The second-order valence-corrected chi connectivity index (χ2v) is 10.7. The fourth-order valence-corrected chi connectivity index (χ4v) is 4.95. The Morgan fingerprint density at radius 3 is 2.40 bits per heavy atom. The van der Waals surface area contributed by atoms with E-state index in [1.807, 2.05) is 0 Å². The number of carbonyl (C=O) groups is 4. The van der Waals surface area contributed by atoms with E-state index in [1.54, 1.807) is 0 Å². The van der Waals surface area contributed by atoms with Crippen molar-refractivity contribution in [3.05, 3.63) is 58.9 Å². The molecule has 1 aliphatic heterocycles. The monoisotopic (exact) mass is 610 g/mol. The fourth-order valence-electron chi connectivity index (χ4n) is 4.95. The van der Waals surface area contributed by atoms with Gasteiger partial charge in [-0.1, -0.05) is 6.42 Å². The van der Waals surface area contributed by atoms with E-state index < -0.39 is 107 Å². The lowest BCUT2D eigenvalue weighted by Crippen LogP contribution is -2.63. The van der Waals surface area contributed by atoms with Gasteiger partial charge >= 0.3 is 5.97 Å². The van der Waals surface area contributed by atoms with Crippen molar-refractivity contribution >= 4 is 23.7 Å². The average molecular weight is 611 g/mol. The summed E-state index contributed by atoms with van der Waals surface area (Å²) in [6.45, 7) is 2.56. The van der Waals surface area contributed by atoms with Crippen LogP contribution in [0.4, 0.5) is 17.6 Å². The Kier molecular flexibility index (Phi) is 9.52. The Balaban J connectivity index is 1.73. The number of nitrogens with one attached hydrogen (secondary N) is 3. The first-order chi connectivity index (χ1) is 20.3. The lowest BCUT2D eigenvalue weighted by molar-refractivity contribution is -0.169. The molecule has 1 saturated heterocycles. The number of cyclic esters (lactones) is 1. The van der Waals surface area contributed by atoms with Gasteiger partial charge in [0.1, 0.15) is 11.8 Å². The molecule has 2 aromatic rings. The van der Waals surface area contributed by atoms with Crippen molar-refractivity contribution in [2.75, 3.05) is 0 Å². The first-order valence-electron chi connectivity index (χ1n) is 13.6. The van der Waals surface area contributed by atoms with Gasteiger partial charge in [-0.25, -0.2) is 22.5 Å². The molecule has 1 unspecified atom stereocenters. The number of halogens is 4. The number of aromatic hydroxyl groups is 1. The van der Waals surface area contributed by atoms with Crippen LogP contribution in [0.1, 0.15) is 49.2 Å². The quantitative estimate of drug-likeness (QED) is 0.147. The smallest absolute Gasteiger partial charge is 0.312 e. The van der Waals surface area contributed by atoms with Crippen molar-refractivity contribution in [2.45, 2.75) is 69.9 Å². The van der Waals surface area contributed by atoms with Crippen molar-refractivity contribution in [3.63, 3.8) is 0 Å². The zero-order valence-electron chi connectivity index (χ0n) is 23.1. The molecule has 4 rings (SSSR count). The van der Waals surface area contributed by atoms with Gasteiger partial charge in [0.05, 0.1) is 24.1 Å². The highest BCUT2D eigenvalue weighted by Crippen LogP contribution is 2.32. The molecule has 15 heteroatoms. The molecular formula is C28H30F4N4O7. The fraction of sp³-hybridized carbons (Fsp3) is 0.464. The summed E-state index contributed by atoms with van der Waals surface area (Å²) in [7, 11) is 0. The number of ether oxygens (including phenoxy) is 1. The predicted octanol–water partition coefficient (Wildman–Crippen LogP) is 1.40. The number of rotatable bonds is 5. The zero-order chi connectivity index (χ0) is 31.6. The van der Waals surface area contributed by atoms with Crippen LogP contribution in [0.15, 0.2) is 24.4 Å². The summed E-state index contributed by atoms with van der Waals surface area (Å²) < 4.78 is 61.6. The molecular weight excluding hydrogens is 580 g/mol. The molecule has 2 aliphatic rings. The van der Waals surface area contributed by atoms with Gasteiger partial charge in [-0.2, -0.15) is 0 Å². The van der Waals surface area contributed by atoms with Crippen LogP contribution >= 0.6 is 0 Å². The maximum absolute atomic E-state index is 14.6. The SMILES string of the molecule is C[C@H]1NC(=O)C(C2CCC2)OC(=O)[C@H](C)[C@H](O)[C@H](Cc2cc(F)c(F)c(F)c2F)NC(=O)[C@H]1NC(=O)c1ncccc1O. The van der Waals surface area contributed by atoms with Gasteiger partial charge in [0, 0.05) is 12.1 Å². The summed E-state index contributed by atoms with van der Waals surface area (Å²) in [4.78, 5) is 56.6. The number of pyridine rings is 1. The summed E-state index contributed by atoms with van der Waals surface area (Å²) in [5, 5.41) is 28.4. The van der Waals surface area contributed by atoms with Crippen LogP contribution in [0, 0.1) is 35.1 Å². The molecule has 11 nitrogen and oxygen atoms in total. The molecule has 1 saturated carbocycles. The van der Waals surface area contributed by atoms with E-state index in [1.165, 1.54) is 32.2 Å². The van der Waals surface area contributed by atoms with E-state index in [-0.39, 0.29) is 5.92 Å². The van der Waals surface area contributed by atoms with Crippen LogP contribution in [0.5, 0.6) is 5.75 Å². The molecule has 2 heterocycles. The number of hydrogen-bond acceptors (Lipinski definition) is 8. The third kappa shape index (κ3) is 6.71. The van der Waals surface area contributed by atoms with E-state index in [4.69, 9.17) is 4.74 Å². The maximum atomic E-state index is 14.6. The Morgan fingerprint density at radius 1 is 1.07 bits per heavy atom. The summed E-state index contributed by atoms with van der Waals surface area (Å²) in [6.07, 6.45) is -0.899. The number of hydrogen-bond donors (Lipinski definition) is 5. The standard InChI is InChI=1S/C28H30F4N4O7/c1-11-23(38)16(10-14-9-15(29)19(31)20(32)18(14)30)35-25(39)21(36-26(40)22-17(37)7-4-8-33-22)12(2)34-27(41)24(43-28(11)42)13-5-3-6-13/h4,7-9,11-13,16,21,23-24,37-38H,3,5-6,10H2,1-2H3,(H,34,41)(H,35,39)(H,36,40)/t11-,12-,16+,21+,23+,24?/m1/s1. The number of esters is 1. The molecule has 3 amide bonds. The molecule has 0 bridgehead atoms. The molecule has 1 aliphatic carbocycles. The molecule has 0 radical (unpaired) electrons. The molecule has 232 valence electrons. The number of carbonyl (C=O) groups excluding carboxylic acids is 4. The van der Waals surface area contributed by atoms with E-state index >= 15 is 0 Å². The van der Waals surface area contributed by atoms with Gasteiger partial charge in [0.25, 0.3) is 11.8 Å². The van der Waals surface area contributed by atoms with Crippen LogP contribution in [-0.2, 0) is 25.5 Å². The number of aromatic nitrogens is 1. The molecule has 2 fully saturated rings. The van der Waals surface area contributed by atoms with Gasteiger partial charge in [0.15, 0.2) is 35.1 Å². The number of benzene rings is 1. The molecule has 0 spiro atoms. The van der Waals surface area contributed by atoms with E-state index in [0.29, 0.717) is 18.9 Å². The second-order valence-electron chi connectivity index (χ2n) is 10.7. The van der Waals surface area contributed by atoms with Crippen LogP contribution in [-0.4, -0.2) is 69.2 Å². The Morgan fingerprint density at radius 2 is 1.77 bits per heavy atom. The minimum atomic E-state index is -2.11. The number of aliphatic hydroxyl groups excluding tert-OH is 1.